The van der Waals surface area contributed by atoms with Gasteiger partial charge in [0.15, 0.2) is 0 Å². The van der Waals surface area contributed by atoms with E-state index in [4.69, 9.17) is 0 Å². The Morgan fingerprint density at radius 1 is 1.33 bits per heavy atom. The van der Waals surface area contributed by atoms with Crippen molar-refractivity contribution in [2.75, 3.05) is 0 Å². The number of hydrogen-bond acceptors (Lipinski definition) is 0. The number of aromatic nitrogens is 2. The lowest BCUT2D eigenvalue weighted by molar-refractivity contribution is -0.670. The highest BCUT2D eigenvalue weighted by Gasteiger charge is 1.78. The van der Waals surface area contributed by atoms with E-state index in [1.807, 2.05) is 30.3 Å². The van der Waals surface area contributed by atoms with Gasteiger partial charge >= 0.3 is 0 Å². The van der Waals surface area contributed by atoms with Gasteiger partial charge in [-0.05, 0) is 0 Å². The van der Waals surface area contributed by atoms with Crippen LogP contribution in [0.3, 0.4) is 0 Å². The molecule has 0 saturated heterocycles. The molecular formula is C4H9Br3N2. The molecule has 0 saturated carbocycles. The van der Waals surface area contributed by atoms with Crippen molar-refractivity contribution in [3.63, 3.8) is 0 Å². The SMILES string of the molecule is Br.Br.C[n+]1cc[nH]c1.[Br-]. The monoisotopic (exact) mass is 322 g/mol. The van der Waals surface area contributed by atoms with Crippen molar-refractivity contribution in [2.45, 2.75) is 0 Å². The minimum absolute atomic E-state index is 0. The fourth-order valence-electron chi connectivity index (χ4n) is 0.364. The first-order valence-electron chi connectivity index (χ1n) is 1.87. The third kappa shape index (κ3) is 6.54. The van der Waals surface area contributed by atoms with Crippen LogP contribution in [0.1, 0.15) is 0 Å². The van der Waals surface area contributed by atoms with Crippen molar-refractivity contribution in [3.05, 3.63) is 18.7 Å². The molecular weight excluding hydrogens is 316 g/mol. The van der Waals surface area contributed by atoms with E-state index < -0.39 is 0 Å². The zero-order valence-corrected chi connectivity index (χ0v) is 9.89. The maximum atomic E-state index is 2.89. The summed E-state index contributed by atoms with van der Waals surface area (Å²) in [6, 6.07) is 0. The van der Waals surface area contributed by atoms with Crippen molar-refractivity contribution in [3.8, 4) is 0 Å². The largest absolute Gasteiger partial charge is 1.00 e. The summed E-state index contributed by atoms with van der Waals surface area (Å²) in [5.74, 6) is 0. The Labute approximate surface area is 86.0 Å². The lowest BCUT2D eigenvalue weighted by atomic mass is 10.9. The van der Waals surface area contributed by atoms with Gasteiger partial charge in [-0.25, -0.2) is 4.57 Å². The summed E-state index contributed by atoms with van der Waals surface area (Å²) in [6.45, 7) is 0. The van der Waals surface area contributed by atoms with Gasteiger partial charge in [0.05, 0.1) is 7.05 Å². The van der Waals surface area contributed by atoms with Gasteiger partial charge in [-0.1, -0.05) is 0 Å². The zero-order valence-electron chi connectivity index (χ0n) is 4.87. The van der Waals surface area contributed by atoms with Crippen LogP contribution in [-0.4, -0.2) is 4.98 Å². The number of halogens is 3. The van der Waals surface area contributed by atoms with Crippen LogP contribution < -0.4 is 21.5 Å². The van der Waals surface area contributed by atoms with Crippen molar-refractivity contribution in [2.24, 2.45) is 7.05 Å². The van der Waals surface area contributed by atoms with E-state index in [0.717, 1.165) is 0 Å². The summed E-state index contributed by atoms with van der Waals surface area (Å²) in [7, 11) is 1.97. The molecule has 0 aromatic carbocycles. The van der Waals surface area contributed by atoms with Gasteiger partial charge in [0, 0.05) is 0 Å². The highest BCUT2D eigenvalue weighted by atomic mass is 79.9. The minimum atomic E-state index is 0. The van der Waals surface area contributed by atoms with Crippen LogP contribution in [0.25, 0.3) is 0 Å². The van der Waals surface area contributed by atoms with Crippen LogP contribution in [0.4, 0.5) is 0 Å². The summed E-state index contributed by atoms with van der Waals surface area (Å²) in [4.78, 5) is 2.89. The van der Waals surface area contributed by atoms with Gasteiger partial charge in [-0.3, -0.25) is 4.98 Å². The summed E-state index contributed by atoms with van der Waals surface area (Å²) in [6.07, 6.45) is 5.69. The molecule has 0 amide bonds. The van der Waals surface area contributed by atoms with Gasteiger partial charge in [-0.15, -0.1) is 34.0 Å². The molecule has 1 rings (SSSR count). The molecule has 0 fully saturated rings. The van der Waals surface area contributed by atoms with E-state index in [-0.39, 0.29) is 50.9 Å². The Bertz CT molecular complexity index is 117. The summed E-state index contributed by atoms with van der Waals surface area (Å²) in [5, 5.41) is 0. The highest BCUT2D eigenvalue weighted by molar-refractivity contribution is 8.93. The second kappa shape index (κ2) is 8.65. The fraction of sp³-hybridized carbons (Fsp3) is 0.250. The second-order valence-corrected chi connectivity index (χ2v) is 1.28. The third-order valence-electron chi connectivity index (χ3n) is 0.684. The number of aromatic amines is 1. The topological polar surface area (TPSA) is 19.7 Å². The lowest BCUT2D eigenvalue weighted by Gasteiger charge is -1.66. The van der Waals surface area contributed by atoms with Gasteiger partial charge in [0.25, 0.3) is 0 Å². The van der Waals surface area contributed by atoms with E-state index in [0.29, 0.717) is 0 Å². The second-order valence-electron chi connectivity index (χ2n) is 1.28. The first kappa shape index (κ1) is 16.3. The van der Waals surface area contributed by atoms with Crippen molar-refractivity contribution < 1.29 is 21.5 Å². The average molecular weight is 325 g/mol. The van der Waals surface area contributed by atoms with Crippen LogP contribution in [0.15, 0.2) is 18.7 Å². The van der Waals surface area contributed by atoms with Crippen LogP contribution in [0, 0.1) is 0 Å². The van der Waals surface area contributed by atoms with E-state index >= 15 is 0 Å². The summed E-state index contributed by atoms with van der Waals surface area (Å²) >= 11 is 0. The van der Waals surface area contributed by atoms with Crippen LogP contribution in [-0.2, 0) is 7.05 Å². The number of nitrogens with zero attached hydrogens (tertiary/aromatic N) is 1. The number of hydrogen-bond donors (Lipinski definition) is 1. The molecule has 0 aliphatic carbocycles. The molecule has 56 valence electrons. The molecule has 0 bridgehead atoms. The number of H-pyrrole nitrogens is 1. The van der Waals surface area contributed by atoms with E-state index in [2.05, 4.69) is 4.98 Å². The molecule has 0 unspecified atom stereocenters. The minimum Gasteiger partial charge on any atom is -1.00 e. The fourth-order valence-corrected chi connectivity index (χ4v) is 0.364. The molecule has 0 atom stereocenters. The lowest BCUT2D eigenvalue weighted by Crippen LogP contribution is -3.00. The maximum absolute atomic E-state index is 2.89. The molecule has 1 aromatic rings. The number of nitrogens with one attached hydrogen (secondary N) is 1. The highest BCUT2D eigenvalue weighted by Crippen LogP contribution is 1.59. The van der Waals surface area contributed by atoms with E-state index in [9.17, 15) is 0 Å². The van der Waals surface area contributed by atoms with Gasteiger partial charge in [0.1, 0.15) is 12.4 Å². The standard InChI is InChI=1S/C4H6N2.3BrH/c1-6-3-2-5-4-6;;;/h2-4H,1H3;3*1H. The van der Waals surface area contributed by atoms with Gasteiger partial charge in [0.2, 0.25) is 6.33 Å². The molecule has 9 heavy (non-hydrogen) atoms. The Hall–Kier alpha value is 0.650. The third-order valence-corrected chi connectivity index (χ3v) is 0.684. The number of aryl methyl sites for hydroxylation is 1. The van der Waals surface area contributed by atoms with Crippen molar-refractivity contribution >= 4 is 34.0 Å². The summed E-state index contributed by atoms with van der Waals surface area (Å²) < 4.78 is 1.94. The molecule has 2 nitrogen and oxygen atoms in total. The first-order valence-corrected chi connectivity index (χ1v) is 1.87. The molecule has 0 aliphatic rings. The van der Waals surface area contributed by atoms with Crippen LogP contribution >= 0.6 is 34.0 Å². The predicted molar refractivity (Wildman–Crippen MR) is 42.6 cm³/mol. The molecule has 0 radical (unpaired) electrons. The molecule has 5 heteroatoms. The number of rotatable bonds is 0. The average Bonchev–Trinajstić information content (AvgIpc) is 1.86. The maximum Gasteiger partial charge on any atom is 0.241 e. The first-order chi connectivity index (χ1) is 2.89. The predicted octanol–water partition coefficient (Wildman–Crippen LogP) is -2.00. The Balaban J connectivity index is -0.000000120. The van der Waals surface area contributed by atoms with Crippen molar-refractivity contribution in [1.82, 2.24) is 4.98 Å². The van der Waals surface area contributed by atoms with Crippen molar-refractivity contribution in [1.29, 1.82) is 0 Å². The van der Waals surface area contributed by atoms with E-state index in [1.165, 1.54) is 0 Å². The zero-order chi connectivity index (χ0) is 4.41. The van der Waals surface area contributed by atoms with Gasteiger partial charge < -0.3 is 17.0 Å². The Kier molecular flexibility index (Phi) is 15.7. The molecule has 0 aliphatic heterocycles. The van der Waals surface area contributed by atoms with Crippen LogP contribution in [0.5, 0.6) is 0 Å². The quantitative estimate of drug-likeness (QED) is 0.533. The normalized spacial score (nSPS) is 5.89. The van der Waals surface area contributed by atoms with Gasteiger partial charge in [-0.2, -0.15) is 0 Å². The molecule has 1 N–H and O–H groups in total. The smallest absolute Gasteiger partial charge is 0.241 e. The molecule has 1 heterocycles. The summed E-state index contributed by atoms with van der Waals surface area (Å²) in [5.41, 5.74) is 0. The Morgan fingerprint density at radius 3 is 2.00 bits per heavy atom. The van der Waals surface area contributed by atoms with Crippen LogP contribution in [0.2, 0.25) is 0 Å². The van der Waals surface area contributed by atoms with E-state index in [1.54, 1.807) is 0 Å². The Morgan fingerprint density at radius 2 is 1.89 bits per heavy atom. The molecule has 1 aromatic heterocycles. The number of imidazole rings is 1. The molecule has 0 spiro atoms.